The number of para-hydroxylation sites is 1. The summed E-state index contributed by atoms with van der Waals surface area (Å²) in [6.45, 7) is 5.74. The van der Waals surface area contributed by atoms with Crippen molar-refractivity contribution in [3.8, 4) is 0 Å². The van der Waals surface area contributed by atoms with Crippen molar-refractivity contribution in [1.82, 2.24) is 24.1 Å². The molecule has 1 amide bonds. The number of rotatable bonds is 5. The van der Waals surface area contributed by atoms with E-state index in [1.165, 1.54) is 11.8 Å². The second-order valence-corrected chi connectivity index (χ2v) is 7.16. The standard InChI is InChI=1S/C18H19N5O2S/c1-2-9-22-16(25)13-7-3-4-8-14(13)23-17(22)19-20-18(23)26-12-15(24)21-10-5-6-11-21/h2-4,7-8H,1,5-6,9-12H2. The third-order valence-electron chi connectivity index (χ3n) is 4.57. The Hall–Kier alpha value is -2.61. The summed E-state index contributed by atoms with van der Waals surface area (Å²) in [4.78, 5) is 27.0. The fraction of sp³-hybridized carbons (Fsp3) is 0.333. The summed E-state index contributed by atoms with van der Waals surface area (Å²) >= 11 is 1.36. The van der Waals surface area contributed by atoms with Crippen LogP contribution in [-0.2, 0) is 11.3 Å². The third-order valence-corrected chi connectivity index (χ3v) is 5.49. The number of hydrogen-bond acceptors (Lipinski definition) is 5. The van der Waals surface area contributed by atoms with Gasteiger partial charge in [-0.25, -0.2) is 0 Å². The highest BCUT2D eigenvalue weighted by Crippen LogP contribution is 2.22. The Morgan fingerprint density at radius 3 is 2.77 bits per heavy atom. The number of likely N-dealkylation sites (tertiary alicyclic amines) is 1. The van der Waals surface area contributed by atoms with Gasteiger partial charge in [-0.05, 0) is 25.0 Å². The second kappa shape index (κ2) is 6.95. The van der Waals surface area contributed by atoms with Crippen LogP contribution in [0, 0.1) is 0 Å². The van der Waals surface area contributed by atoms with E-state index in [0.717, 1.165) is 31.4 Å². The molecule has 0 saturated carbocycles. The first-order valence-corrected chi connectivity index (χ1v) is 9.57. The number of thioether (sulfide) groups is 1. The van der Waals surface area contributed by atoms with Crippen molar-refractivity contribution in [2.75, 3.05) is 18.8 Å². The molecule has 0 unspecified atom stereocenters. The van der Waals surface area contributed by atoms with Gasteiger partial charge in [0.15, 0.2) is 5.16 Å². The molecule has 1 fully saturated rings. The summed E-state index contributed by atoms with van der Waals surface area (Å²) in [7, 11) is 0. The van der Waals surface area contributed by atoms with Crippen LogP contribution in [0.4, 0.5) is 0 Å². The fourth-order valence-corrected chi connectivity index (χ4v) is 4.15. The van der Waals surface area contributed by atoms with Crippen LogP contribution in [0.15, 0.2) is 46.9 Å². The SMILES string of the molecule is C=CCn1c(=O)c2ccccc2n2c(SCC(=O)N3CCCC3)nnc12. The number of benzene rings is 1. The molecule has 0 bridgehead atoms. The van der Waals surface area contributed by atoms with Crippen molar-refractivity contribution in [1.29, 1.82) is 0 Å². The molecule has 1 aliphatic heterocycles. The quantitative estimate of drug-likeness (QED) is 0.508. The molecule has 8 heteroatoms. The molecule has 0 N–H and O–H groups in total. The summed E-state index contributed by atoms with van der Waals surface area (Å²) < 4.78 is 3.40. The first-order valence-electron chi connectivity index (χ1n) is 8.59. The molecule has 7 nitrogen and oxygen atoms in total. The van der Waals surface area contributed by atoms with Gasteiger partial charge < -0.3 is 4.90 Å². The molecule has 1 saturated heterocycles. The number of hydrogen-bond donors (Lipinski definition) is 0. The summed E-state index contributed by atoms with van der Waals surface area (Å²) in [6.07, 6.45) is 3.81. The van der Waals surface area contributed by atoms with E-state index in [4.69, 9.17) is 0 Å². The highest BCUT2D eigenvalue weighted by Gasteiger charge is 2.20. The van der Waals surface area contributed by atoms with E-state index in [9.17, 15) is 9.59 Å². The van der Waals surface area contributed by atoms with Gasteiger partial charge in [0, 0.05) is 19.6 Å². The molecule has 1 aromatic carbocycles. The minimum atomic E-state index is -0.120. The highest BCUT2D eigenvalue weighted by atomic mass is 32.2. The van der Waals surface area contributed by atoms with Crippen LogP contribution in [-0.4, -0.2) is 48.8 Å². The average Bonchev–Trinajstić information content (AvgIpc) is 3.33. The van der Waals surface area contributed by atoms with Crippen LogP contribution in [0.3, 0.4) is 0 Å². The van der Waals surface area contributed by atoms with Crippen molar-refractivity contribution >= 4 is 34.3 Å². The normalized spacial score (nSPS) is 14.4. The Morgan fingerprint density at radius 1 is 1.23 bits per heavy atom. The number of nitrogens with zero attached hydrogens (tertiary/aromatic N) is 5. The van der Waals surface area contributed by atoms with Gasteiger partial charge in [0.05, 0.1) is 16.7 Å². The first-order chi connectivity index (χ1) is 12.7. The van der Waals surface area contributed by atoms with E-state index in [1.54, 1.807) is 16.7 Å². The molecule has 0 spiro atoms. The molecular formula is C18H19N5O2S. The second-order valence-electron chi connectivity index (χ2n) is 6.22. The summed E-state index contributed by atoms with van der Waals surface area (Å²) in [5.41, 5.74) is 0.624. The molecule has 26 heavy (non-hydrogen) atoms. The largest absolute Gasteiger partial charge is 0.342 e. The number of fused-ring (bicyclic) bond motifs is 3. The third kappa shape index (κ3) is 2.80. The highest BCUT2D eigenvalue weighted by molar-refractivity contribution is 7.99. The molecule has 3 aromatic rings. The lowest BCUT2D eigenvalue weighted by Crippen LogP contribution is -2.29. The van der Waals surface area contributed by atoms with Crippen molar-refractivity contribution in [2.45, 2.75) is 24.5 Å². The van der Waals surface area contributed by atoms with Crippen molar-refractivity contribution in [3.05, 3.63) is 47.3 Å². The maximum atomic E-state index is 12.7. The van der Waals surface area contributed by atoms with Gasteiger partial charge in [-0.1, -0.05) is 30.0 Å². The predicted octanol–water partition coefficient (Wildman–Crippen LogP) is 1.94. The molecule has 2 aromatic heterocycles. The predicted molar refractivity (Wildman–Crippen MR) is 101 cm³/mol. The monoisotopic (exact) mass is 369 g/mol. The van der Waals surface area contributed by atoms with Crippen molar-refractivity contribution in [2.24, 2.45) is 0 Å². The number of carbonyl (C=O) groups excluding carboxylic acids is 1. The Kier molecular flexibility index (Phi) is 4.50. The fourth-order valence-electron chi connectivity index (χ4n) is 3.30. The Labute approximate surface area is 154 Å². The van der Waals surface area contributed by atoms with Gasteiger partial charge >= 0.3 is 0 Å². The molecule has 0 atom stereocenters. The first kappa shape index (κ1) is 16.8. The van der Waals surface area contributed by atoms with E-state index in [2.05, 4.69) is 16.8 Å². The van der Waals surface area contributed by atoms with Gasteiger partial charge in [-0.15, -0.1) is 16.8 Å². The lowest BCUT2D eigenvalue weighted by Gasteiger charge is -2.14. The van der Waals surface area contributed by atoms with E-state index < -0.39 is 0 Å². The maximum Gasteiger partial charge on any atom is 0.263 e. The van der Waals surface area contributed by atoms with Crippen molar-refractivity contribution in [3.63, 3.8) is 0 Å². The lowest BCUT2D eigenvalue weighted by atomic mass is 10.2. The van der Waals surface area contributed by atoms with Crippen LogP contribution in [0.2, 0.25) is 0 Å². The van der Waals surface area contributed by atoms with Crippen LogP contribution in [0.25, 0.3) is 16.7 Å². The van der Waals surface area contributed by atoms with E-state index in [1.807, 2.05) is 27.5 Å². The molecular weight excluding hydrogens is 350 g/mol. The Morgan fingerprint density at radius 2 is 2.00 bits per heavy atom. The zero-order chi connectivity index (χ0) is 18.1. The Bertz CT molecular complexity index is 1050. The number of allylic oxidation sites excluding steroid dienone is 1. The minimum Gasteiger partial charge on any atom is -0.342 e. The molecule has 4 rings (SSSR count). The Balaban J connectivity index is 1.77. The van der Waals surface area contributed by atoms with Crippen LogP contribution >= 0.6 is 11.8 Å². The van der Waals surface area contributed by atoms with Gasteiger partial charge in [0.1, 0.15) is 0 Å². The van der Waals surface area contributed by atoms with Gasteiger partial charge in [0.2, 0.25) is 11.7 Å². The average molecular weight is 369 g/mol. The van der Waals surface area contributed by atoms with Crippen LogP contribution in [0.1, 0.15) is 12.8 Å². The smallest absolute Gasteiger partial charge is 0.263 e. The number of amides is 1. The number of carbonyl (C=O) groups is 1. The molecule has 1 aliphatic rings. The maximum absolute atomic E-state index is 12.7. The molecule has 134 valence electrons. The van der Waals surface area contributed by atoms with E-state index in [-0.39, 0.29) is 11.5 Å². The molecule has 3 heterocycles. The van der Waals surface area contributed by atoms with Crippen molar-refractivity contribution < 1.29 is 4.79 Å². The zero-order valence-electron chi connectivity index (χ0n) is 14.3. The summed E-state index contributed by atoms with van der Waals surface area (Å²) in [5, 5.41) is 9.65. The number of aromatic nitrogens is 4. The van der Waals surface area contributed by atoms with Gasteiger partial charge in [0.25, 0.3) is 5.56 Å². The summed E-state index contributed by atoms with van der Waals surface area (Å²) in [5.74, 6) is 0.896. The lowest BCUT2D eigenvalue weighted by molar-refractivity contribution is -0.127. The minimum absolute atomic E-state index is 0.118. The zero-order valence-corrected chi connectivity index (χ0v) is 15.1. The van der Waals surface area contributed by atoms with E-state index >= 15 is 0 Å². The topological polar surface area (TPSA) is 72.5 Å². The van der Waals surface area contributed by atoms with Crippen LogP contribution < -0.4 is 5.56 Å². The molecule has 0 radical (unpaired) electrons. The van der Waals surface area contributed by atoms with Crippen LogP contribution in [0.5, 0.6) is 0 Å². The summed E-state index contributed by atoms with van der Waals surface area (Å²) in [6, 6.07) is 7.38. The van der Waals surface area contributed by atoms with E-state index in [0.29, 0.717) is 28.6 Å². The van der Waals surface area contributed by atoms with Gasteiger partial charge in [-0.2, -0.15) is 0 Å². The van der Waals surface area contributed by atoms with Gasteiger partial charge in [-0.3, -0.25) is 18.6 Å². The molecule has 0 aliphatic carbocycles.